The second-order valence-electron chi connectivity index (χ2n) is 3.74. The van der Waals surface area contributed by atoms with Crippen LogP contribution in [0, 0.1) is 0 Å². The van der Waals surface area contributed by atoms with Crippen LogP contribution in [0.25, 0.3) is 6.08 Å². The first kappa shape index (κ1) is 10.7. The number of benzene rings is 1. The van der Waals surface area contributed by atoms with Crippen LogP contribution < -0.4 is 9.64 Å². The summed E-state index contributed by atoms with van der Waals surface area (Å²) < 4.78 is 5.27. The molecule has 1 aromatic rings. The summed E-state index contributed by atoms with van der Waals surface area (Å²) >= 11 is 0. The zero-order valence-electron chi connectivity index (χ0n) is 9.40. The van der Waals surface area contributed by atoms with Gasteiger partial charge in [-0.2, -0.15) is 0 Å². The second-order valence-corrected chi connectivity index (χ2v) is 3.74. The van der Waals surface area contributed by atoms with Crippen molar-refractivity contribution in [1.29, 1.82) is 0 Å². The lowest BCUT2D eigenvalue weighted by molar-refractivity contribution is -0.134. The number of anilines is 1. The molecule has 0 radical (unpaired) electrons. The van der Waals surface area contributed by atoms with E-state index >= 15 is 0 Å². The average Bonchev–Trinajstić information content (AvgIpc) is 3.12. The van der Waals surface area contributed by atoms with E-state index in [2.05, 4.69) is 11.5 Å². The van der Waals surface area contributed by atoms with Crippen molar-refractivity contribution < 1.29 is 9.53 Å². The molecule has 0 spiro atoms. The highest BCUT2D eigenvalue weighted by molar-refractivity contribution is 5.75. The highest BCUT2D eigenvalue weighted by Gasteiger charge is 2.19. The van der Waals surface area contributed by atoms with E-state index in [4.69, 9.17) is 4.74 Å². The van der Waals surface area contributed by atoms with Crippen LogP contribution in [-0.2, 0) is 4.79 Å². The van der Waals surface area contributed by atoms with Crippen LogP contribution in [0.15, 0.2) is 24.8 Å². The summed E-state index contributed by atoms with van der Waals surface area (Å²) in [5.74, 6) is 0.386. The third-order valence-electron chi connectivity index (χ3n) is 2.54. The van der Waals surface area contributed by atoms with Gasteiger partial charge in [0.2, 0.25) is 0 Å². The van der Waals surface area contributed by atoms with Crippen molar-refractivity contribution in [3.05, 3.63) is 30.3 Å². The first-order valence-electron chi connectivity index (χ1n) is 5.46. The molecule has 0 aliphatic carbocycles. The molecular formula is C13H15NO2. The van der Waals surface area contributed by atoms with Crippen molar-refractivity contribution >= 4 is 17.7 Å². The van der Waals surface area contributed by atoms with E-state index in [0.29, 0.717) is 12.2 Å². The number of nitrogens with zero attached hydrogens (tertiary/aromatic N) is 1. The smallest absolute Gasteiger partial charge is 0.310 e. The van der Waals surface area contributed by atoms with E-state index in [-0.39, 0.29) is 5.97 Å². The largest absolute Gasteiger partial charge is 0.426 e. The third-order valence-corrected chi connectivity index (χ3v) is 2.54. The maximum Gasteiger partial charge on any atom is 0.310 e. The molecule has 1 aliphatic rings. The first-order valence-corrected chi connectivity index (χ1v) is 5.46. The van der Waals surface area contributed by atoms with Crippen molar-refractivity contribution in [2.45, 2.75) is 13.3 Å². The number of hydrogen-bond acceptors (Lipinski definition) is 3. The summed E-state index contributed by atoms with van der Waals surface area (Å²) in [4.78, 5) is 13.5. The lowest BCUT2D eigenvalue weighted by Gasteiger charge is -2.09. The Morgan fingerprint density at radius 2 is 2.31 bits per heavy atom. The topological polar surface area (TPSA) is 29.3 Å². The lowest BCUT2D eigenvalue weighted by atomic mass is 10.2. The van der Waals surface area contributed by atoms with Crippen molar-refractivity contribution in [2.75, 3.05) is 18.0 Å². The molecule has 0 aromatic heterocycles. The maximum atomic E-state index is 11.3. The zero-order chi connectivity index (χ0) is 11.5. The molecule has 0 bridgehead atoms. The third kappa shape index (κ3) is 2.24. The minimum Gasteiger partial charge on any atom is -0.426 e. The van der Waals surface area contributed by atoms with Crippen LogP contribution in [-0.4, -0.2) is 19.1 Å². The van der Waals surface area contributed by atoms with Gasteiger partial charge in [-0.3, -0.25) is 4.79 Å². The van der Waals surface area contributed by atoms with Gasteiger partial charge in [0.15, 0.2) is 0 Å². The molecule has 1 aliphatic heterocycles. The Morgan fingerprint density at radius 3 is 2.88 bits per heavy atom. The van der Waals surface area contributed by atoms with E-state index in [1.165, 1.54) is 0 Å². The minimum absolute atomic E-state index is 0.217. The van der Waals surface area contributed by atoms with Crippen molar-refractivity contribution in [3.63, 3.8) is 0 Å². The van der Waals surface area contributed by atoms with Crippen molar-refractivity contribution in [2.24, 2.45) is 0 Å². The monoisotopic (exact) mass is 217 g/mol. The number of carbonyl (C=O) groups is 1. The van der Waals surface area contributed by atoms with Crippen LogP contribution in [0.5, 0.6) is 5.75 Å². The number of hydrogen-bond donors (Lipinski definition) is 0. The van der Waals surface area contributed by atoms with Gasteiger partial charge in [0.25, 0.3) is 0 Å². The van der Waals surface area contributed by atoms with E-state index in [9.17, 15) is 4.79 Å². The van der Waals surface area contributed by atoms with Crippen LogP contribution in [0.3, 0.4) is 0 Å². The molecule has 16 heavy (non-hydrogen) atoms. The van der Waals surface area contributed by atoms with E-state index in [0.717, 1.165) is 24.3 Å². The first-order chi connectivity index (χ1) is 7.74. The van der Waals surface area contributed by atoms with Crippen LogP contribution in [0.2, 0.25) is 0 Å². The van der Waals surface area contributed by atoms with Gasteiger partial charge >= 0.3 is 5.97 Å². The maximum absolute atomic E-state index is 11.3. The Bertz CT molecular complexity index is 422. The fourth-order valence-electron chi connectivity index (χ4n) is 1.48. The molecule has 0 atom stereocenters. The van der Waals surface area contributed by atoms with Gasteiger partial charge in [0.1, 0.15) is 5.75 Å². The van der Waals surface area contributed by atoms with Crippen molar-refractivity contribution in [3.8, 4) is 5.75 Å². The minimum atomic E-state index is -0.217. The average molecular weight is 217 g/mol. The summed E-state index contributed by atoms with van der Waals surface area (Å²) in [6.07, 6.45) is 2.08. The molecule has 1 aromatic carbocycles. The van der Waals surface area contributed by atoms with Crippen molar-refractivity contribution in [1.82, 2.24) is 0 Å². The molecule has 0 unspecified atom stereocenters. The normalized spacial score (nSPS) is 13.4. The van der Waals surface area contributed by atoms with Gasteiger partial charge in [-0.1, -0.05) is 19.6 Å². The van der Waals surface area contributed by atoms with Gasteiger partial charge in [-0.05, 0) is 12.1 Å². The molecule has 3 heteroatoms. The Morgan fingerprint density at radius 1 is 1.56 bits per heavy atom. The summed E-state index contributed by atoms with van der Waals surface area (Å²) in [5, 5.41) is 0. The summed E-state index contributed by atoms with van der Waals surface area (Å²) in [6.45, 7) is 7.65. The predicted molar refractivity (Wildman–Crippen MR) is 64.7 cm³/mol. The molecule has 1 saturated heterocycles. The SMILES string of the molecule is C=Cc1ccc(N2CC2)cc1OC(=O)CC. The van der Waals surface area contributed by atoms with Gasteiger partial charge in [-0.15, -0.1) is 0 Å². The number of rotatable bonds is 4. The Hall–Kier alpha value is -1.77. The summed E-state index contributed by atoms with van der Waals surface area (Å²) in [5.41, 5.74) is 1.96. The molecule has 84 valence electrons. The second kappa shape index (κ2) is 4.39. The van der Waals surface area contributed by atoms with Crippen LogP contribution >= 0.6 is 0 Å². The fourth-order valence-corrected chi connectivity index (χ4v) is 1.48. The van der Waals surface area contributed by atoms with Gasteiger partial charge in [0.05, 0.1) is 0 Å². The molecule has 1 fully saturated rings. The molecule has 2 rings (SSSR count). The summed E-state index contributed by atoms with van der Waals surface area (Å²) in [6, 6.07) is 5.85. The fraction of sp³-hybridized carbons (Fsp3) is 0.308. The Kier molecular flexibility index (Phi) is 2.95. The molecule has 3 nitrogen and oxygen atoms in total. The van der Waals surface area contributed by atoms with E-state index in [1.54, 1.807) is 13.0 Å². The quantitative estimate of drug-likeness (QED) is 0.441. The predicted octanol–water partition coefficient (Wildman–Crippen LogP) is 2.47. The van der Waals surface area contributed by atoms with Crippen LogP contribution in [0.1, 0.15) is 18.9 Å². The number of esters is 1. The standard InChI is InChI=1S/C13H15NO2/c1-3-10-5-6-11(14-7-8-14)9-12(10)16-13(15)4-2/h3,5-6,9H,1,4,7-8H2,2H3. The van der Waals surface area contributed by atoms with Gasteiger partial charge < -0.3 is 9.64 Å². The molecule has 0 saturated carbocycles. The lowest BCUT2D eigenvalue weighted by Crippen LogP contribution is -2.07. The van der Waals surface area contributed by atoms with Gasteiger partial charge in [-0.25, -0.2) is 0 Å². The van der Waals surface area contributed by atoms with E-state index < -0.39 is 0 Å². The molecular weight excluding hydrogens is 202 g/mol. The number of ether oxygens (including phenoxy) is 1. The van der Waals surface area contributed by atoms with Crippen LogP contribution in [0.4, 0.5) is 5.69 Å². The Labute approximate surface area is 95.3 Å². The number of carbonyl (C=O) groups excluding carboxylic acids is 1. The molecule has 1 heterocycles. The van der Waals surface area contributed by atoms with E-state index in [1.807, 2.05) is 18.2 Å². The Balaban J connectivity index is 2.27. The summed E-state index contributed by atoms with van der Waals surface area (Å²) in [7, 11) is 0. The highest BCUT2D eigenvalue weighted by Crippen LogP contribution is 2.29. The van der Waals surface area contributed by atoms with Gasteiger partial charge in [0, 0.05) is 36.8 Å². The zero-order valence-corrected chi connectivity index (χ0v) is 9.40. The molecule has 0 N–H and O–H groups in total. The highest BCUT2D eigenvalue weighted by atomic mass is 16.5. The molecule has 0 amide bonds.